The minimum Gasteiger partial charge on any atom is -0.496 e. The van der Waals surface area contributed by atoms with Crippen molar-refractivity contribution < 1.29 is 4.74 Å². The van der Waals surface area contributed by atoms with E-state index in [4.69, 9.17) is 16.3 Å². The Morgan fingerprint density at radius 2 is 2.15 bits per heavy atom. The van der Waals surface area contributed by atoms with Crippen LogP contribution in [0.5, 0.6) is 5.75 Å². The molecule has 20 heavy (non-hydrogen) atoms. The van der Waals surface area contributed by atoms with Crippen molar-refractivity contribution in [2.45, 2.75) is 19.9 Å². The Hall–Kier alpha value is -0.550. The Morgan fingerprint density at radius 1 is 1.40 bits per heavy atom. The highest BCUT2D eigenvalue weighted by Gasteiger charge is 2.20. The molecule has 5 heteroatoms. The number of rotatable bonds is 5. The smallest absolute Gasteiger partial charge is 0.124 e. The van der Waals surface area contributed by atoms with Crippen molar-refractivity contribution in [3.8, 4) is 5.75 Å². The lowest BCUT2D eigenvalue weighted by atomic mass is 10.0. The maximum absolute atomic E-state index is 6.15. The van der Waals surface area contributed by atoms with Crippen LogP contribution in [-0.4, -0.2) is 13.7 Å². The van der Waals surface area contributed by atoms with Gasteiger partial charge >= 0.3 is 0 Å². The number of aryl methyl sites for hydroxylation is 1. The zero-order valence-corrected chi connectivity index (χ0v) is 14.8. The number of thiophene rings is 1. The molecule has 0 aliphatic heterocycles. The first-order valence-corrected chi connectivity index (χ1v) is 8.38. The third-order valence-electron chi connectivity index (χ3n) is 3.07. The Morgan fingerprint density at radius 3 is 2.70 bits per heavy atom. The number of benzene rings is 1. The summed E-state index contributed by atoms with van der Waals surface area (Å²) >= 11 is 11.5. The van der Waals surface area contributed by atoms with Gasteiger partial charge in [-0.05, 0) is 59.2 Å². The van der Waals surface area contributed by atoms with Gasteiger partial charge in [0.15, 0.2) is 0 Å². The monoisotopic (exact) mass is 373 g/mol. The van der Waals surface area contributed by atoms with E-state index in [1.165, 1.54) is 10.4 Å². The Labute approximate surface area is 137 Å². The van der Waals surface area contributed by atoms with Gasteiger partial charge in [-0.1, -0.05) is 18.5 Å². The van der Waals surface area contributed by atoms with Gasteiger partial charge in [0.1, 0.15) is 5.75 Å². The first-order valence-electron chi connectivity index (χ1n) is 6.39. The summed E-state index contributed by atoms with van der Waals surface area (Å²) in [6.45, 7) is 5.07. The van der Waals surface area contributed by atoms with E-state index in [2.05, 4.69) is 41.2 Å². The molecular formula is C15H17BrClNOS. The molecule has 1 N–H and O–H groups in total. The molecule has 1 heterocycles. The van der Waals surface area contributed by atoms with Crippen molar-refractivity contribution in [2.75, 3.05) is 13.7 Å². The minimum atomic E-state index is 0.0867. The molecule has 1 unspecified atom stereocenters. The van der Waals surface area contributed by atoms with Crippen molar-refractivity contribution in [3.63, 3.8) is 0 Å². The molecule has 0 aliphatic rings. The molecule has 0 bridgehead atoms. The highest BCUT2D eigenvalue weighted by molar-refractivity contribution is 9.11. The van der Waals surface area contributed by atoms with Crippen LogP contribution in [0.3, 0.4) is 0 Å². The van der Waals surface area contributed by atoms with Gasteiger partial charge in [0.05, 0.1) is 16.9 Å². The van der Waals surface area contributed by atoms with Crippen molar-refractivity contribution in [3.05, 3.63) is 49.1 Å². The van der Waals surface area contributed by atoms with E-state index in [1.54, 1.807) is 18.4 Å². The third-order valence-corrected chi connectivity index (χ3v) is 5.51. The molecular weight excluding hydrogens is 358 g/mol. The normalized spacial score (nSPS) is 12.4. The van der Waals surface area contributed by atoms with Crippen LogP contribution in [0, 0.1) is 6.92 Å². The molecule has 2 aromatic rings. The quantitative estimate of drug-likeness (QED) is 0.778. The molecule has 0 saturated heterocycles. The van der Waals surface area contributed by atoms with E-state index in [-0.39, 0.29) is 6.04 Å². The van der Waals surface area contributed by atoms with Gasteiger partial charge in [0.25, 0.3) is 0 Å². The van der Waals surface area contributed by atoms with Crippen molar-refractivity contribution in [2.24, 2.45) is 0 Å². The number of hydrogen-bond acceptors (Lipinski definition) is 3. The highest BCUT2D eigenvalue weighted by Crippen LogP contribution is 2.38. The second-order valence-electron chi connectivity index (χ2n) is 4.48. The molecule has 1 aromatic heterocycles. The summed E-state index contributed by atoms with van der Waals surface area (Å²) in [5, 5.41) is 4.23. The SMILES string of the molecule is CCNC(c1cc(C)c(Br)s1)c1cc(Cl)ccc1OC. The predicted molar refractivity (Wildman–Crippen MR) is 90.3 cm³/mol. The Bertz CT molecular complexity index is 580. The van der Waals surface area contributed by atoms with E-state index >= 15 is 0 Å². The molecule has 1 atom stereocenters. The second-order valence-corrected chi connectivity index (χ2v) is 7.32. The van der Waals surface area contributed by atoms with Crippen LogP contribution < -0.4 is 10.1 Å². The molecule has 2 rings (SSSR count). The lowest BCUT2D eigenvalue weighted by Gasteiger charge is -2.20. The van der Waals surface area contributed by atoms with Gasteiger partial charge in [0.2, 0.25) is 0 Å². The van der Waals surface area contributed by atoms with Crippen LogP contribution in [0.1, 0.15) is 29.0 Å². The molecule has 1 aromatic carbocycles. The summed E-state index contributed by atoms with van der Waals surface area (Å²) < 4.78 is 6.64. The highest BCUT2D eigenvalue weighted by atomic mass is 79.9. The fraction of sp³-hybridized carbons (Fsp3) is 0.333. The van der Waals surface area contributed by atoms with Crippen molar-refractivity contribution >= 4 is 38.9 Å². The molecule has 0 spiro atoms. The molecule has 108 valence electrons. The number of ether oxygens (including phenoxy) is 1. The lowest BCUT2D eigenvalue weighted by Crippen LogP contribution is -2.21. The number of halogens is 2. The van der Waals surface area contributed by atoms with Gasteiger partial charge in [-0.25, -0.2) is 0 Å². The van der Waals surface area contributed by atoms with E-state index in [0.717, 1.165) is 26.7 Å². The van der Waals surface area contributed by atoms with Crippen molar-refractivity contribution in [1.29, 1.82) is 0 Å². The summed E-state index contributed by atoms with van der Waals surface area (Å²) in [5.74, 6) is 0.850. The molecule has 0 amide bonds. The maximum atomic E-state index is 6.15. The zero-order chi connectivity index (χ0) is 14.7. The Balaban J connectivity index is 2.50. The van der Waals surface area contributed by atoms with Crippen LogP contribution >= 0.6 is 38.9 Å². The summed E-state index contributed by atoms with van der Waals surface area (Å²) in [5.41, 5.74) is 2.31. The first-order chi connectivity index (χ1) is 9.56. The van der Waals surface area contributed by atoms with Crippen LogP contribution in [0.2, 0.25) is 5.02 Å². The van der Waals surface area contributed by atoms with Gasteiger partial charge < -0.3 is 10.1 Å². The lowest BCUT2D eigenvalue weighted by molar-refractivity contribution is 0.404. The van der Waals surface area contributed by atoms with E-state index in [9.17, 15) is 0 Å². The van der Waals surface area contributed by atoms with E-state index in [0.29, 0.717) is 0 Å². The van der Waals surface area contributed by atoms with Crippen LogP contribution in [0.25, 0.3) is 0 Å². The summed E-state index contributed by atoms with van der Waals surface area (Å²) in [6, 6.07) is 8.02. The number of nitrogens with one attached hydrogen (secondary N) is 1. The van der Waals surface area contributed by atoms with Gasteiger partial charge in [-0.2, -0.15) is 0 Å². The topological polar surface area (TPSA) is 21.3 Å². The fourth-order valence-corrected chi connectivity index (χ4v) is 3.97. The average Bonchev–Trinajstić information content (AvgIpc) is 2.75. The largest absolute Gasteiger partial charge is 0.496 e. The summed E-state index contributed by atoms with van der Waals surface area (Å²) in [4.78, 5) is 1.25. The second kappa shape index (κ2) is 6.94. The molecule has 2 nitrogen and oxygen atoms in total. The standard InChI is InChI=1S/C15H17BrClNOS/c1-4-18-14(13-7-9(2)15(16)20-13)11-8-10(17)5-6-12(11)19-3/h5-8,14,18H,4H2,1-3H3. The number of hydrogen-bond donors (Lipinski definition) is 1. The van der Waals surface area contributed by atoms with Gasteiger partial charge in [0, 0.05) is 15.5 Å². The maximum Gasteiger partial charge on any atom is 0.124 e. The zero-order valence-electron chi connectivity index (χ0n) is 11.7. The molecule has 0 saturated carbocycles. The van der Waals surface area contributed by atoms with Crippen LogP contribution in [0.4, 0.5) is 0 Å². The van der Waals surface area contributed by atoms with Crippen molar-refractivity contribution in [1.82, 2.24) is 5.32 Å². The molecule has 0 radical (unpaired) electrons. The van der Waals surface area contributed by atoms with E-state index in [1.807, 2.05) is 18.2 Å². The Kier molecular flexibility index (Phi) is 5.49. The fourth-order valence-electron chi connectivity index (χ4n) is 2.12. The number of methoxy groups -OCH3 is 1. The van der Waals surface area contributed by atoms with Gasteiger partial charge in [-0.15, -0.1) is 11.3 Å². The van der Waals surface area contributed by atoms with Gasteiger partial charge in [-0.3, -0.25) is 0 Å². The summed E-state index contributed by atoms with van der Waals surface area (Å²) in [7, 11) is 1.69. The average molecular weight is 375 g/mol. The van der Waals surface area contributed by atoms with E-state index < -0.39 is 0 Å². The third kappa shape index (κ3) is 3.37. The predicted octanol–water partition coefficient (Wildman–Crippen LogP) is 5.18. The summed E-state index contributed by atoms with van der Waals surface area (Å²) in [6.07, 6.45) is 0. The van der Waals surface area contributed by atoms with Crippen LogP contribution in [0.15, 0.2) is 28.1 Å². The molecule has 0 fully saturated rings. The van der Waals surface area contributed by atoms with Crippen LogP contribution in [-0.2, 0) is 0 Å². The first kappa shape index (κ1) is 15.8. The minimum absolute atomic E-state index is 0.0867. The molecule has 0 aliphatic carbocycles.